The van der Waals surface area contributed by atoms with Crippen molar-refractivity contribution in [1.82, 2.24) is 0 Å². The SMILES string of the molecule is COc1ccccc1Nc1cccc([N+](=O)[O-])c1. The van der Waals surface area contributed by atoms with Crippen LogP contribution in [0.15, 0.2) is 48.5 Å². The van der Waals surface area contributed by atoms with E-state index in [9.17, 15) is 10.1 Å². The van der Waals surface area contributed by atoms with Crippen LogP contribution in [0, 0.1) is 10.1 Å². The quantitative estimate of drug-likeness (QED) is 0.661. The van der Waals surface area contributed by atoms with Crippen molar-refractivity contribution in [3.63, 3.8) is 0 Å². The molecular weight excluding hydrogens is 232 g/mol. The molecule has 0 atom stereocenters. The van der Waals surface area contributed by atoms with Gasteiger partial charge in [-0.1, -0.05) is 18.2 Å². The van der Waals surface area contributed by atoms with Crippen molar-refractivity contribution in [3.8, 4) is 5.75 Å². The number of nitro benzene ring substituents is 1. The third-order valence-corrected chi connectivity index (χ3v) is 2.44. The Hall–Kier alpha value is -2.56. The van der Waals surface area contributed by atoms with E-state index in [0.29, 0.717) is 11.4 Å². The van der Waals surface area contributed by atoms with Crippen LogP contribution in [0.1, 0.15) is 0 Å². The zero-order valence-corrected chi connectivity index (χ0v) is 9.79. The van der Waals surface area contributed by atoms with Crippen LogP contribution in [0.3, 0.4) is 0 Å². The first-order valence-electron chi connectivity index (χ1n) is 5.35. The van der Waals surface area contributed by atoms with E-state index in [2.05, 4.69) is 5.32 Å². The molecule has 0 spiro atoms. The van der Waals surface area contributed by atoms with Crippen LogP contribution in [0.4, 0.5) is 17.1 Å². The zero-order chi connectivity index (χ0) is 13.0. The van der Waals surface area contributed by atoms with Crippen molar-refractivity contribution in [2.75, 3.05) is 12.4 Å². The summed E-state index contributed by atoms with van der Waals surface area (Å²) in [7, 11) is 1.58. The minimum Gasteiger partial charge on any atom is -0.495 e. The Labute approximate surface area is 104 Å². The molecule has 2 aromatic rings. The third kappa shape index (κ3) is 2.57. The van der Waals surface area contributed by atoms with Crippen molar-refractivity contribution in [2.45, 2.75) is 0 Å². The second kappa shape index (κ2) is 5.18. The monoisotopic (exact) mass is 244 g/mol. The van der Waals surface area contributed by atoms with Gasteiger partial charge in [0.05, 0.1) is 17.7 Å². The maximum absolute atomic E-state index is 10.7. The number of benzene rings is 2. The van der Waals surface area contributed by atoms with Gasteiger partial charge in [0.1, 0.15) is 5.75 Å². The van der Waals surface area contributed by atoms with Crippen molar-refractivity contribution < 1.29 is 9.66 Å². The van der Waals surface area contributed by atoms with Gasteiger partial charge in [-0.2, -0.15) is 0 Å². The molecule has 2 aromatic carbocycles. The summed E-state index contributed by atoms with van der Waals surface area (Å²) in [5.74, 6) is 0.684. The number of rotatable bonds is 4. The first-order chi connectivity index (χ1) is 8.70. The molecule has 92 valence electrons. The van der Waals surface area contributed by atoms with Gasteiger partial charge in [0.15, 0.2) is 0 Å². The number of nitro groups is 1. The first kappa shape index (κ1) is 11.9. The van der Waals surface area contributed by atoms with Gasteiger partial charge in [-0.3, -0.25) is 10.1 Å². The Kier molecular flexibility index (Phi) is 3.43. The van der Waals surface area contributed by atoms with E-state index in [0.717, 1.165) is 5.69 Å². The van der Waals surface area contributed by atoms with Crippen LogP contribution in [0.2, 0.25) is 0 Å². The van der Waals surface area contributed by atoms with Crippen LogP contribution >= 0.6 is 0 Å². The van der Waals surface area contributed by atoms with Gasteiger partial charge in [0, 0.05) is 17.8 Å². The molecule has 1 N–H and O–H groups in total. The fourth-order valence-electron chi connectivity index (χ4n) is 1.60. The van der Waals surface area contributed by atoms with Gasteiger partial charge in [0.25, 0.3) is 5.69 Å². The van der Waals surface area contributed by atoms with E-state index in [1.165, 1.54) is 12.1 Å². The summed E-state index contributed by atoms with van der Waals surface area (Å²) in [6.07, 6.45) is 0. The first-order valence-corrected chi connectivity index (χ1v) is 5.35. The maximum atomic E-state index is 10.7. The smallest absolute Gasteiger partial charge is 0.271 e. The molecule has 0 fully saturated rings. The average Bonchev–Trinajstić information content (AvgIpc) is 2.39. The van der Waals surface area contributed by atoms with Gasteiger partial charge in [-0.05, 0) is 18.2 Å². The molecule has 0 heterocycles. The molecule has 0 aliphatic rings. The highest BCUT2D eigenvalue weighted by Crippen LogP contribution is 2.28. The largest absolute Gasteiger partial charge is 0.495 e. The molecule has 2 rings (SSSR count). The second-order valence-corrected chi connectivity index (χ2v) is 3.63. The number of hydrogen-bond donors (Lipinski definition) is 1. The molecule has 5 heteroatoms. The summed E-state index contributed by atoms with van der Waals surface area (Å²) in [5.41, 5.74) is 1.46. The van der Waals surface area contributed by atoms with E-state index < -0.39 is 4.92 Å². The number of hydrogen-bond acceptors (Lipinski definition) is 4. The second-order valence-electron chi connectivity index (χ2n) is 3.63. The Bertz CT molecular complexity index is 570. The molecule has 0 aromatic heterocycles. The average molecular weight is 244 g/mol. The van der Waals surface area contributed by atoms with E-state index in [1.54, 1.807) is 19.2 Å². The van der Waals surface area contributed by atoms with E-state index in [4.69, 9.17) is 4.74 Å². The lowest BCUT2D eigenvalue weighted by Gasteiger charge is -2.10. The predicted octanol–water partition coefficient (Wildman–Crippen LogP) is 3.35. The van der Waals surface area contributed by atoms with Gasteiger partial charge in [-0.15, -0.1) is 0 Å². The van der Waals surface area contributed by atoms with Crippen LogP contribution < -0.4 is 10.1 Å². The van der Waals surface area contributed by atoms with Gasteiger partial charge >= 0.3 is 0 Å². The van der Waals surface area contributed by atoms with Crippen LogP contribution in [-0.4, -0.2) is 12.0 Å². The summed E-state index contributed by atoms with van der Waals surface area (Å²) in [6, 6.07) is 13.7. The topological polar surface area (TPSA) is 64.4 Å². The van der Waals surface area contributed by atoms with Crippen LogP contribution in [0.25, 0.3) is 0 Å². The van der Waals surface area contributed by atoms with Crippen molar-refractivity contribution in [1.29, 1.82) is 0 Å². The number of anilines is 2. The molecule has 0 aliphatic carbocycles. The Balaban J connectivity index is 2.28. The summed E-state index contributed by atoms with van der Waals surface area (Å²) >= 11 is 0. The lowest BCUT2D eigenvalue weighted by atomic mass is 10.2. The van der Waals surface area contributed by atoms with Crippen LogP contribution in [0.5, 0.6) is 5.75 Å². The van der Waals surface area contributed by atoms with E-state index in [-0.39, 0.29) is 5.69 Å². The molecule has 0 unspecified atom stereocenters. The van der Waals surface area contributed by atoms with Crippen molar-refractivity contribution in [2.24, 2.45) is 0 Å². The minimum absolute atomic E-state index is 0.0508. The highest BCUT2D eigenvalue weighted by atomic mass is 16.6. The van der Waals surface area contributed by atoms with Crippen molar-refractivity contribution >= 4 is 17.1 Å². The molecule has 5 nitrogen and oxygen atoms in total. The Morgan fingerprint density at radius 1 is 1.17 bits per heavy atom. The highest BCUT2D eigenvalue weighted by Gasteiger charge is 2.07. The van der Waals surface area contributed by atoms with Crippen LogP contribution in [-0.2, 0) is 0 Å². The number of para-hydroxylation sites is 2. The molecule has 0 bridgehead atoms. The highest BCUT2D eigenvalue weighted by molar-refractivity contribution is 5.67. The predicted molar refractivity (Wildman–Crippen MR) is 69.4 cm³/mol. The number of non-ortho nitro benzene ring substituents is 1. The summed E-state index contributed by atoms with van der Waals surface area (Å²) in [5, 5.41) is 13.8. The number of ether oxygens (including phenoxy) is 1. The zero-order valence-electron chi connectivity index (χ0n) is 9.79. The number of nitrogens with one attached hydrogen (secondary N) is 1. The fourth-order valence-corrected chi connectivity index (χ4v) is 1.60. The lowest BCUT2D eigenvalue weighted by Crippen LogP contribution is -1.95. The molecule has 18 heavy (non-hydrogen) atoms. The van der Waals surface area contributed by atoms with E-state index in [1.807, 2.05) is 24.3 Å². The van der Waals surface area contributed by atoms with Crippen molar-refractivity contribution in [3.05, 3.63) is 58.6 Å². The molecule has 0 aliphatic heterocycles. The third-order valence-electron chi connectivity index (χ3n) is 2.44. The number of methoxy groups -OCH3 is 1. The normalized spacial score (nSPS) is 9.83. The fraction of sp³-hybridized carbons (Fsp3) is 0.0769. The van der Waals surface area contributed by atoms with Gasteiger partial charge in [-0.25, -0.2) is 0 Å². The standard InChI is InChI=1S/C13H12N2O3/c1-18-13-8-3-2-7-12(13)14-10-5-4-6-11(9-10)15(16)17/h2-9,14H,1H3. The molecule has 0 saturated carbocycles. The molecule has 0 amide bonds. The number of nitrogens with zero attached hydrogens (tertiary/aromatic N) is 1. The Morgan fingerprint density at radius 3 is 2.67 bits per heavy atom. The van der Waals surface area contributed by atoms with Gasteiger partial charge < -0.3 is 10.1 Å². The molecule has 0 saturated heterocycles. The van der Waals surface area contributed by atoms with E-state index >= 15 is 0 Å². The maximum Gasteiger partial charge on any atom is 0.271 e. The minimum atomic E-state index is -0.423. The summed E-state index contributed by atoms with van der Waals surface area (Å²) in [6.45, 7) is 0. The summed E-state index contributed by atoms with van der Waals surface area (Å²) < 4.78 is 5.20. The Morgan fingerprint density at radius 2 is 1.94 bits per heavy atom. The molecular formula is C13H12N2O3. The summed E-state index contributed by atoms with van der Waals surface area (Å²) in [4.78, 5) is 10.3. The molecule has 0 radical (unpaired) electrons. The van der Waals surface area contributed by atoms with Gasteiger partial charge in [0.2, 0.25) is 0 Å². The lowest BCUT2D eigenvalue weighted by molar-refractivity contribution is -0.384.